The third-order valence-electron chi connectivity index (χ3n) is 7.19. The molecule has 0 bridgehead atoms. The molecule has 3 N–H and O–H groups in total. The van der Waals surface area contributed by atoms with Crippen molar-refractivity contribution in [1.29, 1.82) is 0 Å². The first-order valence-corrected chi connectivity index (χ1v) is 15.5. The number of amides is 2. The molecule has 42 heavy (non-hydrogen) atoms. The lowest BCUT2D eigenvalue weighted by Gasteiger charge is -2.26. The third kappa shape index (κ3) is 9.65. The van der Waals surface area contributed by atoms with Crippen molar-refractivity contribution in [1.82, 2.24) is 25.0 Å². The van der Waals surface area contributed by atoms with Crippen molar-refractivity contribution in [2.75, 3.05) is 37.8 Å². The van der Waals surface area contributed by atoms with Crippen molar-refractivity contribution in [2.24, 2.45) is 11.1 Å². The van der Waals surface area contributed by atoms with Crippen LogP contribution in [0.2, 0.25) is 0 Å². The normalized spacial score (nSPS) is 15.5. The Morgan fingerprint density at radius 1 is 1.12 bits per heavy atom. The Hall–Kier alpha value is -3.25. The summed E-state index contributed by atoms with van der Waals surface area (Å²) in [6.07, 6.45) is 0.433. The Kier molecular flexibility index (Phi) is 12.1. The molecule has 2 amide bonds. The van der Waals surface area contributed by atoms with Crippen LogP contribution in [-0.2, 0) is 17.3 Å². The number of aromatic nitrogens is 3. The Morgan fingerprint density at radius 3 is 2.40 bits per heavy atom. The second kappa shape index (κ2) is 15.3. The van der Waals surface area contributed by atoms with Gasteiger partial charge in [0.1, 0.15) is 24.1 Å². The molecule has 0 unspecified atom stereocenters. The van der Waals surface area contributed by atoms with Gasteiger partial charge >= 0.3 is 6.03 Å². The first-order valence-electron chi connectivity index (χ1n) is 14.0. The predicted molar refractivity (Wildman–Crippen MR) is 160 cm³/mol. The first-order chi connectivity index (χ1) is 19.9. The molecule has 12 heteroatoms. The van der Waals surface area contributed by atoms with Crippen molar-refractivity contribution in [3.63, 3.8) is 0 Å². The van der Waals surface area contributed by atoms with Gasteiger partial charge in [0.05, 0.1) is 12.1 Å². The Morgan fingerprint density at radius 2 is 1.79 bits per heavy atom. The standard InChI is InChI=1S/C21H23F2N3.C9H18FN3O2S/c1-14(21(2,3)4)20-24-19(17-12-16(22)10-11-18(17)23)25-26(20)13-15-8-6-5-7-9-15;10-7-8(11)1-2-12-9(14)13-3-5-16(15)6-4-13/h5-12,14H,13H2,1-4H3;8H,1-7,11H2,(H,12,14)/t14-;8-/m01/s1. The fraction of sp³-hybridized carbons (Fsp3) is 0.500. The van der Waals surface area contributed by atoms with Gasteiger partial charge in [0, 0.05) is 53.9 Å². The molecule has 8 nitrogen and oxygen atoms in total. The van der Waals surface area contributed by atoms with E-state index in [9.17, 15) is 22.2 Å². The van der Waals surface area contributed by atoms with E-state index in [1.807, 2.05) is 30.3 Å². The number of urea groups is 1. The lowest BCUT2D eigenvalue weighted by atomic mass is 9.81. The summed E-state index contributed by atoms with van der Waals surface area (Å²) in [5, 5.41) is 7.18. The molecule has 2 atom stereocenters. The van der Waals surface area contributed by atoms with E-state index < -0.39 is 35.2 Å². The molecule has 1 saturated heterocycles. The number of alkyl halides is 1. The maximum Gasteiger partial charge on any atom is 0.317 e. The largest absolute Gasteiger partial charge is 0.338 e. The van der Waals surface area contributed by atoms with Crippen LogP contribution in [-0.4, -0.2) is 73.8 Å². The van der Waals surface area contributed by atoms with Crippen molar-refractivity contribution >= 4 is 16.8 Å². The second-order valence-electron chi connectivity index (χ2n) is 11.4. The van der Waals surface area contributed by atoms with Gasteiger partial charge in [-0.15, -0.1) is 0 Å². The molecule has 230 valence electrons. The van der Waals surface area contributed by atoms with Gasteiger partial charge in [0.2, 0.25) is 0 Å². The zero-order chi connectivity index (χ0) is 30.9. The van der Waals surface area contributed by atoms with Crippen LogP contribution < -0.4 is 11.1 Å². The van der Waals surface area contributed by atoms with Crippen LogP contribution in [0.25, 0.3) is 11.4 Å². The van der Waals surface area contributed by atoms with E-state index in [0.717, 1.165) is 29.6 Å². The van der Waals surface area contributed by atoms with Gasteiger partial charge in [-0.1, -0.05) is 58.0 Å². The maximum absolute atomic E-state index is 14.2. The average Bonchev–Trinajstić information content (AvgIpc) is 3.37. The minimum Gasteiger partial charge on any atom is -0.338 e. The number of rotatable bonds is 8. The van der Waals surface area contributed by atoms with Gasteiger partial charge in [-0.05, 0) is 35.6 Å². The molecular formula is C30H41F3N6O2S. The summed E-state index contributed by atoms with van der Waals surface area (Å²) in [6.45, 7) is 9.84. The van der Waals surface area contributed by atoms with E-state index in [1.54, 1.807) is 9.58 Å². The highest BCUT2D eigenvalue weighted by Gasteiger charge is 2.28. The molecular weight excluding hydrogens is 565 g/mol. The van der Waals surface area contributed by atoms with Crippen LogP contribution in [0.15, 0.2) is 48.5 Å². The molecule has 2 heterocycles. The zero-order valence-corrected chi connectivity index (χ0v) is 25.5. The summed E-state index contributed by atoms with van der Waals surface area (Å²) in [4.78, 5) is 17.8. The van der Waals surface area contributed by atoms with E-state index in [4.69, 9.17) is 5.73 Å². The van der Waals surface area contributed by atoms with Gasteiger partial charge in [-0.3, -0.25) is 4.21 Å². The number of nitrogens with one attached hydrogen (secondary N) is 1. The Bertz CT molecular complexity index is 1320. The number of hydrogen-bond donors (Lipinski definition) is 2. The van der Waals surface area contributed by atoms with Crippen molar-refractivity contribution < 1.29 is 22.2 Å². The number of benzene rings is 2. The summed E-state index contributed by atoms with van der Waals surface area (Å²) < 4.78 is 52.7. The van der Waals surface area contributed by atoms with Gasteiger partial charge in [0.25, 0.3) is 0 Å². The molecule has 0 radical (unpaired) electrons. The highest BCUT2D eigenvalue weighted by atomic mass is 32.2. The molecule has 0 spiro atoms. The van der Waals surface area contributed by atoms with Crippen molar-refractivity contribution in [3.05, 3.63) is 71.6 Å². The van der Waals surface area contributed by atoms with E-state index >= 15 is 0 Å². The van der Waals surface area contributed by atoms with E-state index in [-0.39, 0.29) is 28.8 Å². The molecule has 0 saturated carbocycles. The summed E-state index contributed by atoms with van der Waals surface area (Å²) in [5.74, 6) is 1.10. The molecule has 1 aliphatic heterocycles. The number of carbonyl (C=O) groups is 1. The van der Waals surface area contributed by atoms with Crippen LogP contribution in [0.3, 0.4) is 0 Å². The molecule has 0 aliphatic carbocycles. The minimum atomic E-state index is -0.783. The first kappa shape index (κ1) is 33.3. The van der Waals surface area contributed by atoms with Gasteiger partial charge in [0.15, 0.2) is 5.82 Å². The number of nitrogens with two attached hydrogens (primary N) is 1. The van der Waals surface area contributed by atoms with E-state index in [1.165, 1.54) is 0 Å². The SMILES string of the molecule is C[C@@H](c1nc(-c2cc(F)ccc2F)nn1Cc1ccccc1)C(C)(C)C.N[C@@H](CF)CCNC(=O)N1CCS(=O)CC1. The highest BCUT2D eigenvalue weighted by molar-refractivity contribution is 7.85. The molecule has 4 rings (SSSR count). The zero-order valence-electron chi connectivity index (χ0n) is 24.7. The van der Waals surface area contributed by atoms with Crippen LogP contribution in [0.1, 0.15) is 51.4 Å². The van der Waals surface area contributed by atoms with Crippen LogP contribution in [0.4, 0.5) is 18.0 Å². The average molecular weight is 607 g/mol. The van der Waals surface area contributed by atoms with Crippen molar-refractivity contribution in [2.45, 2.75) is 52.6 Å². The summed E-state index contributed by atoms with van der Waals surface area (Å²) in [7, 11) is -0.783. The molecule has 1 fully saturated rings. The number of carbonyl (C=O) groups excluding carboxylic acids is 1. The summed E-state index contributed by atoms with van der Waals surface area (Å²) in [6, 6.07) is 12.6. The maximum atomic E-state index is 14.2. The summed E-state index contributed by atoms with van der Waals surface area (Å²) in [5.41, 5.74) is 6.49. The summed E-state index contributed by atoms with van der Waals surface area (Å²) >= 11 is 0. The molecule has 2 aromatic carbocycles. The molecule has 3 aromatic rings. The lowest BCUT2D eigenvalue weighted by Crippen LogP contribution is -2.47. The van der Waals surface area contributed by atoms with Gasteiger partial charge < -0.3 is 16.0 Å². The number of nitrogens with zero attached hydrogens (tertiary/aromatic N) is 4. The fourth-order valence-electron chi connectivity index (χ4n) is 4.11. The lowest BCUT2D eigenvalue weighted by molar-refractivity contribution is 0.202. The molecule has 1 aromatic heterocycles. The van der Waals surface area contributed by atoms with Crippen LogP contribution >= 0.6 is 0 Å². The number of hydrogen-bond acceptors (Lipinski definition) is 5. The predicted octanol–water partition coefficient (Wildman–Crippen LogP) is 4.87. The Balaban J connectivity index is 0.000000260. The second-order valence-corrected chi connectivity index (χ2v) is 13.1. The smallest absolute Gasteiger partial charge is 0.317 e. The van der Waals surface area contributed by atoms with E-state index in [0.29, 0.717) is 44.1 Å². The van der Waals surface area contributed by atoms with Crippen LogP contribution in [0.5, 0.6) is 0 Å². The monoisotopic (exact) mass is 606 g/mol. The van der Waals surface area contributed by atoms with E-state index in [2.05, 4.69) is 43.1 Å². The van der Waals surface area contributed by atoms with Crippen LogP contribution in [0, 0.1) is 17.0 Å². The fourth-order valence-corrected chi connectivity index (χ4v) is 5.16. The highest BCUT2D eigenvalue weighted by Crippen LogP contribution is 2.35. The topological polar surface area (TPSA) is 106 Å². The quantitative estimate of drug-likeness (QED) is 0.381. The minimum absolute atomic E-state index is 0.0424. The third-order valence-corrected chi connectivity index (χ3v) is 8.46. The molecule has 1 aliphatic rings. The Labute approximate surface area is 248 Å². The van der Waals surface area contributed by atoms with Gasteiger partial charge in [-0.25, -0.2) is 27.6 Å². The van der Waals surface area contributed by atoms with Crippen molar-refractivity contribution in [3.8, 4) is 11.4 Å². The number of halogens is 3. The van der Waals surface area contributed by atoms with Gasteiger partial charge in [-0.2, -0.15) is 5.10 Å².